The number of nitrogens with one attached hydrogen (secondary N) is 2. The number of furan rings is 1. The molecule has 2 aliphatic heterocycles. The Kier molecular flexibility index (Phi) is 4.47. The van der Waals surface area contributed by atoms with E-state index in [1.54, 1.807) is 0 Å². The minimum atomic E-state index is 0.196. The molecule has 2 saturated heterocycles. The third kappa shape index (κ3) is 3.18. The van der Waals surface area contributed by atoms with E-state index in [1.165, 1.54) is 30.5 Å². The summed E-state index contributed by atoms with van der Waals surface area (Å²) in [4.78, 5) is 7.27. The van der Waals surface area contributed by atoms with Crippen LogP contribution >= 0.6 is 0 Å². The Labute approximate surface area is 159 Å². The van der Waals surface area contributed by atoms with Gasteiger partial charge in [0.25, 0.3) is 0 Å². The summed E-state index contributed by atoms with van der Waals surface area (Å²) in [5.74, 6) is 2.68. The molecule has 3 unspecified atom stereocenters. The van der Waals surface area contributed by atoms with E-state index in [0.29, 0.717) is 12.0 Å². The van der Waals surface area contributed by atoms with Crippen molar-refractivity contribution in [1.29, 1.82) is 0 Å². The molecule has 1 aromatic carbocycles. The second-order valence-electron chi connectivity index (χ2n) is 7.85. The molecule has 2 fully saturated rings. The SMILES string of the molecule is Cn1ccnc1C1CCCCN1CC1CNNC1c1cc2ccccc2o1. The van der Waals surface area contributed by atoms with Gasteiger partial charge in [-0.25, -0.2) is 10.4 Å². The zero-order chi connectivity index (χ0) is 18.2. The van der Waals surface area contributed by atoms with Gasteiger partial charge in [0, 0.05) is 43.8 Å². The first-order valence-electron chi connectivity index (χ1n) is 9.98. The van der Waals surface area contributed by atoms with Crippen molar-refractivity contribution in [2.75, 3.05) is 19.6 Å². The number of hydrogen-bond donors (Lipinski definition) is 2. The molecule has 0 saturated carbocycles. The molecule has 142 valence electrons. The highest BCUT2D eigenvalue weighted by Crippen LogP contribution is 2.35. The van der Waals surface area contributed by atoms with E-state index >= 15 is 0 Å². The van der Waals surface area contributed by atoms with E-state index in [4.69, 9.17) is 4.42 Å². The number of aromatic nitrogens is 2. The van der Waals surface area contributed by atoms with Crippen molar-refractivity contribution in [2.45, 2.75) is 31.3 Å². The number of aryl methyl sites for hydroxylation is 1. The quantitative estimate of drug-likeness (QED) is 0.744. The number of likely N-dealkylation sites (tertiary alicyclic amines) is 1. The summed E-state index contributed by atoms with van der Waals surface area (Å²) in [6.07, 6.45) is 7.70. The van der Waals surface area contributed by atoms with Gasteiger partial charge in [0.2, 0.25) is 0 Å². The highest BCUT2D eigenvalue weighted by molar-refractivity contribution is 5.77. The van der Waals surface area contributed by atoms with Crippen LogP contribution in [0, 0.1) is 5.92 Å². The highest BCUT2D eigenvalue weighted by atomic mass is 16.3. The molecule has 3 aromatic rings. The molecule has 0 amide bonds. The van der Waals surface area contributed by atoms with Gasteiger partial charge >= 0.3 is 0 Å². The van der Waals surface area contributed by atoms with Gasteiger partial charge in [0.1, 0.15) is 17.2 Å². The average Bonchev–Trinajstić information content (AvgIpc) is 3.41. The number of hydrazine groups is 1. The normalized spacial score (nSPS) is 26.8. The fourth-order valence-electron chi connectivity index (χ4n) is 4.67. The van der Waals surface area contributed by atoms with Crippen LogP contribution in [0.15, 0.2) is 47.1 Å². The average molecular weight is 365 g/mol. The Balaban J connectivity index is 1.37. The van der Waals surface area contributed by atoms with E-state index in [-0.39, 0.29) is 6.04 Å². The van der Waals surface area contributed by atoms with E-state index < -0.39 is 0 Å². The maximum Gasteiger partial charge on any atom is 0.134 e. The number of imidazole rings is 1. The minimum absolute atomic E-state index is 0.196. The van der Waals surface area contributed by atoms with Crippen molar-refractivity contribution in [2.24, 2.45) is 13.0 Å². The molecular weight excluding hydrogens is 338 g/mol. The standard InChI is InChI=1S/C21H27N5O/c1-25-11-9-22-21(25)17-7-4-5-10-26(17)14-16-13-23-24-20(16)19-12-15-6-2-3-8-18(15)27-19/h2-3,6,8-9,11-12,16-17,20,23-24H,4-5,7,10,13-14H2,1H3. The van der Waals surface area contributed by atoms with Crippen LogP contribution in [0.3, 0.4) is 0 Å². The van der Waals surface area contributed by atoms with Gasteiger partial charge in [-0.05, 0) is 31.5 Å². The maximum absolute atomic E-state index is 6.15. The first-order valence-corrected chi connectivity index (χ1v) is 9.98. The van der Waals surface area contributed by atoms with Gasteiger partial charge in [-0.1, -0.05) is 24.6 Å². The van der Waals surface area contributed by atoms with Gasteiger partial charge in [-0.15, -0.1) is 0 Å². The molecular formula is C21H27N5O. The summed E-state index contributed by atoms with van der Waals surface area (Å²) < 4.78 is 8.32. The summed E-state index contributed by atoms with van der Waals surface area (Å²) in [6, 6.07) is 11.0. The fourth-order valence-corrected chi connectivity index (χ4v) is 4.67. The molecule has 0 aliphatic carbocycles. The molecule has 5 rings (SSSR count). The van der Waals surface area contributed by atoms with Crippen LogP contribution in [0.5, 0.6) is 0 Å². The lowest BCUT2D eigenvalue weighted by Crippen LogP contribution is -2.39. The molecule has 0 radical (unpaired) electrons. The lowest BCUT2D eigenvalue weighted by Gasteiger charge is -2.37. The number of para-hydroxylation sites is 1. The van der Waals surface area contributed by atoms with Crippen LogP contribution in [-0.2, 0) is 7.05 Å². The Morgan fingerprint density at radius 2 is 2.19 bits per heavy atom. The topological polar surface area (TPSA) is 58.3 Å². The number of hydrogen-bond acceptors (Lipinski definition) is 5. The van der Waals surface area contributed by atoms with Gasteiger partial charge in [-0.3, -0.25) is 10.3 Å². The predicted molar refractivity (Wildman–Crippen MR) is 105 cm³/mol. The number of fused-ring (bicyclic) bond motifs is 1. The Morgan fingerprint density at radius 3 is 3.04 bits per heavy atom. The molecule has 2 aliphatic rings. The second kappa shape index (κ2) is 7.11. The molecule has 27 heavy (non-hydrogen) atoms. The van der Waals surface area contributed by atoms with Gasteiger partial charge in [-0.2, -0.15) is 0 Å². The molecule has 3 atom stereocenters. The first kappa shape index (κ1) is 17.0. The van der Waals surface area contributed by atoms with Crippen LogP contribution in [0.2, 0.25) is 0 Å². The molecule has 2 aromatic heterocycles. The van der Waals surface area contributed by atoms with Gasteiger partial charge in [0.05, 0.1) is 12.1 Å². The smallest absolute Gasteiger partial charge is 0.134 e. The molecule has 4 heterocycles. The second-order valence-corrected chi connectivity index (χ2v) is 7.85. The molecule has 0 spiro atoms. The zero-order valence-electron chi connectivity index (χ0n) is 15.8. The summed E-state index contributed by atoms with van der Waals surface area (Å²) in [7, 11) is 2.10. The van der Waals surface area contributed by atoms with Crippen LogP contribution in [-0.4, -0.2) is 34.1 Å². The van der Waals surface area contributed by atoms with Crippen LogP contribution in [0.25, 0.3) is 11.0 Å². The van der Waals surface area contributed by atoms with Crippen molar-refractivity contribution in [3.05, 3.63) is 54.3 Å². The molecule has 2 N–H and O–H groups in total. The lowest BCUT2D eigenvalue weighted by molar-refractivity contribution is 0.114. The summed E-state index contributed by atoms with van der Waals surface area (Å²) in [5, 5.41) is 1.17. The fraction of sp³-hybridized carbons (Fsp3) is 0.476. The largest absolute Gasteiger partial charge is 0.459 e. The Bertz CT molecular complexity index is 883. The Morgan fingerprint density at radius 1 is 1.26 bits per heavy atom. The number of benzene rings is 1. The predicted octanol–water partition coefficient (Wildman–Crippen LogP) is 3.16. The molecule has 6 nitrogen and oxygen atoms in total. The van der Waals surface area contributed by atoms with E-state index in [1.807, 2.05) is 18.3 Å². The van der Waals surface area contributed by atoms with Crippen molar-refractivity contribution in [1.82, 2.24) is 25.3 Å². The van der Waals surface area contributed by atoms with Crippen molar-refractivity contribution < 1.29 is 4.42 Å². The van der Waals surface area contributed by atoms with E-state index in [2.05, 4.69) is 56.7 Å². The van der Waals surface area contributed by atoms with Crippen molar-refractivity contribution in [3.8, 4) is 0 Å². The van der Waals surface area contributed by atoms with Crippen molar-refractivity contribution >= 4 is 11.0 Å². The third-order valence-electron chi connectivity index (χ3n) is 6.08. The summed E-state index contributed by atoms with van der Waals surface area (Å²) in [5.41, 5.74) is 7.76. The summed E-state index contributed by atoms with van der Waals surface area (Å²) in [6.45, 7) is 3.13. The van der Waals surface area contributed by atoms with Gasteiger partial charge < -0.3 is 8.98 Å². The van der Waals surface area contributed by atoms with Crippen LogP contribution in [0.1, 0.15) is 42.9 Å². The highest BCUT2D eigenvalue weighted by Gasteiger charge is 2.35. The summed E-state index contributed by atoms with van der Waals surface area (Å²) >= 11 is 0. The first-order chi connectivity index (χ1) is 13.3. The Hall–Kier alpha value is -2.15. The number of nitrogens with zero attached hydrogens (tertiary/aromatic N) is 3. The monoisotopic (exact) mass is 365 g/mol. The minimum Gasteiger partial charge on any atom is -0.459 e. The number of piperidine rings is 1. The van der Waals surface area contributed by atoms with E-state index in [9.17, 15) is 0 Å². The zero-order valence-corrected chi connectivity index (χ0v) is 15.8. The molecule has 0 bridgehead atoms. The van der Waals surface area contributed by atoms with Crippen LogP contribution in [0.4, 0.5) is 0 Å². The lowest BCUT2D eigenvalue weighted by atomic mass is 9.95. The maximum atomic E-state index is 6.15. The van der Waals surface area contributed by atoms with Gasteiger partial charge in [0.15, 0.2) is 0 Å². The third-order valence-corrected chi connectivity index (χ3v) is 6.08. The van der Waals surface area contributed by atoms with Crippen molar-refractivity contribution in [3.63, 3.8) is 0 Å². The number of rotatable bonds is 4. The molecule has 6 heteroatoms. The van der Waals surface area contributed by atoms with Crippen LogP contribution < -0.4 is 10.9 Å². The van der Waals surface area contributed by atoms with E-state index in [0.717, 1.165) is 31.0 Å².